The van der Waals surface area contributed by atoms with Crippen molar-refractivity contribution in [3.8, 4) is 5.75 Å². The van der Waals surface area contributed by atoms with Crippen molar-refractivity contribution in [1.29, 1.82) is 0 Å². The van der Waals surface area contributed by atoms with Gasteiger partial charge < -0.3 is 9.84 Å². The van der Waals surface area contributed by atoms with Gasteiger partial charge in [-0.05, 0) is 28.1 Å². The smallest absolute Gasteiger partial charge is 0.345 e. The second kappa shape index (κ2) is 4.03. The number of aromatic carboxylic acids is 1. The molecule has 0 unspecified atom stereocenters. The number of hydrogen-bond acceptors (Lipinski definition) is 3. The number of thiophene rings is 1. The van der Waals surface area contributed by atoms with Gasteiger partial charge in [-0.1, -0.05) is 0 Å². The van der Waals surface area contributed by atoms with E-state index < -0.39 is 11.8 Å². The minimum absolute atomic E-state index is 0.106. The molecular formula is C10H6BrFO3S. The molecule has 0 bridgehead atoms. The molecule has 16 heavy (non-hydrogen) atoms. The van der Waals surface area contributed by atoms with Crippen molar-refractivity contribution in [1.82, 2.24) is 0 Å². The molecule has 0 saturated heterocycles. The fraction of sp³-hybridized carbons (Fsp3) is 0.100. The van der Waals surface area contributed by atoms with E-state index in [0.717, 1.165) is 11.3 Å². The first-order valence-corrected chi connectivity index (χ1v) is 5.84. The van der Waals surface area contributed by atoms with E-state index in [1.165, 1.54) is 13.2 Å². The summed E-state index contributed by atoms with van der Waals surface area (Å²) in [6.07, 6.45) is 0. The molecule has 0 aliphatic carbocycles. The Morgan fingerprint density at radius 2 is 2.25 bits per heavy atom. The number of halogens is 2. The highest BCUT2D eigenvalue weighted by Crippen LogP contribution is 2.37. The molecule has 0 spiro atoms. The second-order valence-corrected chi connectivity index (χ2v) is 4.91. The molecule has 0 amide bonds. The van der Waals surface area contributed by atoms with E-state index in [4.69, 9.17) is 9.84 Å². The van der Waals surface area contributed by atoms with Gasteiger partial charge in [0.2, 0.25) is 0 Å². The first-order chi connectivity index (χ1) is 7.54. The van der Waals surface area contributed by atoms with E-state index in [0.29, 0.717) is 10.4 Å². The van der Waals surface area contributed by atoms with Crippen LogP contribution in [-0.2, 0) is 0 Å². The molecule has 84 valence electrons. The molecule has 1 N–H and O–H groups in total. The first kappa shape index (κ1) is 11.3. The summed E-state index contributed by atoms with van der Waals surface area (Å²) in [6.45, 7) is 0. The summed E-state index contributed by atoms with van der Waals surface area (Å²) in [7, 11) is 1.43. The average Bonchev–Trinajstić information content (AvgIpc) is 2.67. The average molecular weight is 305 g/mol. The van der Waals surface area contributed by atoms with Crippen LogP contribution in [0.5, 0.6) is 5.75 Å². The van der Waals surface area contributed by atoms with E-state index in [1.807, 2.05) is 0 Å². The van der Waals surface area contributed by atoms with E-state index in [-0.39, 0.29) is 14.7 Å². The number of fused-ring (bicyclic) bond motifs is 1. The molecule has 6 heteroatoms. The van der Waals surface area contributed by atoms with Crippen LogP contribution in [0, 0.1) is 5.82 Å². The van der Waals surface area contributed by atoms with Gasteiger partial charge in [-0.2, -0.15) is 0 Å². The van der Waals surface area contributed by atoms with E-state index in [9.17, 15) is 9.18 Å². The van der Waals surface area contributed by atoms with Crippen LogP contribution >= 0.6 is 27.3 Å². The van der Waals surface area contributed by atoms with Gasteiger partial charge in [0.05, 0.1) is 11.6 Å². The predicted octanol–water partition coefficient (Wildman–Crippen LogP) is 3.51. The van der Waals surface area contributed by atoms with Gasteiger partial charge in [-0.25, -0.2) is 9.18 Å². The van der Waals surface area contributed by atoms with Crippen molar-refractivity contribution in [2.45, 2.75) is 0 Å². The zero-order valence-corrected chi connectivity index (χ0v) is 10.5. The number of benzene rings is 1. The van der Waals surface area contributed by atoms with Crippen LogP contribution in [0.2, 0.25) is 0 Å². The Hall–Kier alpha value is -1.14. The summed E-state index contributed by atoms with van der Waals surface area (Å²) in [5, 5.41) is 9.10. The number of methoxy groups -OCH3 is 1. The van der Waals surface area contributed by atoms with Crippen molar-refractivity contribution in [3.05, 3.63) is 27.3 Å². The van der Waals surface area contributed by atoms with Gasteiger partial charge >= 0.3 is 5.97 Å². The fourth-order valence-electron chi connectivity index (χ4n) is 1.35. The first-order valence-electron chi connectivity index (χ1n) is 4.23. The molecule has 0 radical (unpaired) electrons. The topological polar surface area (TPSA) is 46.5 Å². The highest BCUT2D eigenvalue weighted by molar-refractivity contribution is 9.10. The quantitative estimate of drug-likeness (QED) is 0.923. The van der Waals surface area contributed by atoms with Crippen molar-refractivity contribution < 1.29 is 19.0 Å². The molecule has 2 aromatic rings. The molecular weight excluding hydrogens is 299 g/mol. The Kier molecular flexibility index (Phi) is 2.86. The number of carbonyl (C=O) groups is 1. The zero-order valence-electron chi connectivity index (χ0n) is 8.08. The van der Waals surface area contributed by atoms with Crippen molar-refractivity contribution in [2.75, 3.05) is 7.11 Å². The SMILES string of the molecule is COc1cc2sc(C(=O)O)cc2c(F)c1Br. The molecule has 0 atom stereocenters. The van der Waals surface area contributed by atoms with Crippen LogP contribution < -0.4 is 4.74 Å². The molecule has 1 heterocycles. The molecule has 0 aliphatic rings. The highest BCUT2D eigenvalue weighted by Gasteiger charge is 2.16. The lowest BCUT2D eigenvalue weighted by molar-refractivity contribution is 0.0702. The normalized spacial score (nSPS) is 10.7. The Labute approximate surface area is 103 Å². The summed E-state index contributed by atoms with van der Waals surface area (Å²) >= 11 is 4.08. The minimum atomic E-state index is -1.06. The Bertz CT molecular complexity index is 579. The van der Waals surface area contributed by atoms with Crippen molar-refractivity contribution in [2.24, 2.45) is 0 Å². The van der Waals surface area contributed by atoms with Crippen LogP contribution in [0.3, 0.4) is 0 Å². The summed E-state index contributed by atoms with van der Waals surface area (Å²) in [5.41, 5.74) is 0. The molecule has 2 rings (SSSR count). The lowest BCUT2D eigenvalue weighted by Gasteiger charge is -2.04. The highest BCUT2D eigenvalue weighted by atomic mass is 79.9. The van der Waals surface area contributed by atoms with Gasteiger partial charge in [0.1, 0.15) is 16.4 Å². The summed E-state index contributed by atoms with van der Waals surface area (Å²) in [6, 6.07) is 2.93. The van der Waals surface area contributed by atoms with Crippen LogP contribution in [0.4, 0.5) is 4.39 Å². The summed E-state index contributed by atoms with van der Waals surface area (Å²) in [4.78, 5) is 10.9. The van der Waals surface area contributed by atoms with Gasteiger partial charge in [-0.15, -0.1) is 11.3 Å². The van der Waals surface area contributed by atoms with E-state index in [1.54, 1.807) is 6.07 Å². The molecule has 1 aromatic carbocycles. The zero-order chi connectivity index (χ0) is 11.9. The number of carboxylic acid groups (broad SMARTS) is 1. The van der Waals surface area contributed by atoms with Crippen LogP contribution in [0.25, 0.3) is 10.1 Å². The Balaban J connectivity index is 2.77. The number of rotatable bonds is 2. The molecule has 0 aliphatic heterocycles. The van der Waals surface area contributed by atoms with Gasteiger partial charge in [0.25, 0.3) is 0 Å². The summed E-state index contributed by atoms with van der Waals surface area (Å²) < 4.78 is 19.5. The molecule has 1 aromatic heterocycles. The maximum Gasteiger partial charge on any atom is 0.345 e. The third-order valence-electron chi connectivity index (χ3n) is 2.10. The molecule has 0 fully saturated rings. The third-order valence-corrected chi connectivity index (χ3v) is 3.91. The van der Waals surface area contributed by atoms with E-state index >= 15 is 0 Å². The largest absolute Gasteiger partial charge is 0.495 e. The van der Waals surface area contributed by atoms with Crippen molar-refractivity contribution in [3.63, 3.8) is 0 Å². The van der Waals surface area contributed by atoms with Gasteiger partial charge in [0.15, 0.2) is 0 Å². The molecule has 3 nitrogen and oxygen atoms in total. The number of carboxylic acids is 1. The van der Waals surface area contributed by atoms with Crippen LogP contribution in [-0.4, -0.2) is 18.2 Å². The monoisotopic (exact) mass is 304 g/mol. The predicted molar refractivity (Wildman–Crippen MR) is 63.0 cm³/mol. The third kappa shape index (κ3) is 1.68. The van der Waals surface area contributed by atoms with Crippen LogP contribution in [0.1, 0.15) is 9.67 Å². The Morgan fingerprint density at radius 3 is 2.81 bits per heavy atom. The summed E-state index contributed by atoms with van der Waals surface area (Å²) in [5.74, 6) is -1.21. The van der Waals surface area contributed by atoms with Gasteiger partial charge in [-0.3, -0.25) is 0 Å². The standard InChI is InChI=1S/C10H6BrFO3S/c1-15-5-3-6-4(9(12)8(5)11)2-7(16-6)10(13)14/h2-3H,1H3,(H,13,14). The fourth-order valence-corrected chi connectivity index (χ4v) is 2.76. The second-order valence-electron chi connectivity index (χ2n) is 3.03. The maximum atomic E-state index is 13.8. The maximum absolute atomic E-state index is 13.8. The van der Waals surface area contributed by atoms with Crippen molar-refractivity contribution >= 4 is 43.3 Å². The molecule has 0 saturated carbocycles. The lowest BCUT2D eigenvalue weighted by Crippen LogP contribution is -1.90. The number of hydrogen-bond donors (Lipinski definition) is 1. The minimum Gasteiger partial charge on any atom is -0.495 e. The van der Waals surface area contributed by atoms with Crippen LogP contribution in [0.15, 0.2) is 16.6 Å². The van der Waals surface area contributed by atoms with Gasteiger partial charge in [0, 0.05) is 10.1 Å². The van der Waals surface area contributed by atoms with E-state index in [2.05, 4.69) is 15.9 Å². The Morgan fingerprint density at radius 1 is 1.56 bits per heavy atom. The lowest BCUT2D eigenvalue weighted by atomic mass is 10.2. The number of ether oxygens (including phenoxy) is 1.